The van der Waals surface area contributed by atoms with Crippen LogP contribution in [0.4, 0.5) is 0 Å². The van der Waals surface area contributed by atoms with Crippen molar-refractivity contribution in [2.45, 2.75) is 50.7 Å². The van der Waals surface area contributed by atoms with E-state index in [1.165, 1.54) is 25.9 Å². The first-order valence-corrected chi connectivity index (χ1v) is 10.9. The lowest BCUT2D eigenvalue weighted by molar-refractivity contribution is -0.0181. The smallest absolute Gasteiger partial charge is 0.346 e. The van der Waals surface area contributed by atoms with Crippen molar-refractivity contribution in [2.24, 2.45) is 14.1 Å². The minimum absolute atomic E-state index is 0.203. The van der Waals surface area contributed by atoms with Gasteiger partial charge in [0, 0.05) is 19.1 Å². The molecule has 11 heteroatoms. The van der Waals surface area contributed by atoms with Crippen molar-refractivity contribution in [1.29, 1.82) is 0 Å². The Morgan fingerprint density at radius 2 is 1.87 bits per heavy atom. The second-order valence-corrected chi connectivity index (χ2v) is 9.45. The number of aromatic nitrogens is 6. The summed E-state index contributed by atoms with van der Waals surface area (Å²) in [5.74, 6) is 1.45. The highest BCUT2D eigenvalue weighted by molar-refractivity contribution is 7.98. The number of hydrogen-bond donors (Lipinski definition) is 0. The van der Waals surface area contributed by atoms with Crippen LogP contribution < -0.4 is 11.2 Å². The van der Waals surface area contributed by atoms with E-state index in [0.29, 0.717) is 22.4 Å². The molecule has 2 aromatic heterocycles. The molecule has 9 nitrogen and oxygen atoms in total. The number of hydrogen-bond acceptors (Lipinski definition) is 7. The van der Waals surface area contributed by atoms with Gasteiger partial charge in [0.25, 0.3) is 5.56 Å². The third-order valence-electron chi connectivity index (χ3n) is 4.38. The van der Waals surface area contributed by atoms with Crippen LogP contribution in [-0.2, 0) is 31.2 Å². The van der Waals surface area contributed by atoms with Crippen LogP contribution >= 0.6 is 23.4 Å². The van der Waals surface area contributed by atoms with E-state index in [0.717, 1.165) is 20.5 Å². The van der Waals surface area contributed by atoms with E-state index in [-0.39, 0.29) is 17.2 Å². The maximum Gasteiger partial charge on any atom is 0.346 e. The number of aryl methyl sites for hydroxylation is 2. The Morgan fingerprint density at radius 1 is 1.16 bits per heavy atom. The molecule has 1 aromatic carbocycles. The van der Waals surface area contributed by atoms with E-state index < -0.39 is 11.2 Å². The van der Waals surface area contributed by atoms with E-state index in [1.807, 2.05) is 45.9 Å². The predicted octanol–water partition coefficient (Wildman–Crippen LogP) is 2.63. The molecule has 0 aliphatic carbocycles. The molecular weight excluding hydrogens is 440 g/mol. The van der Waals surface area contributed by atoms with Crippen LogP contribution in [0.3, 0.4) is 0 Å². The lowest BCUT2D eigenvalue weighted by Gasteiger charge is -2.17. The first kappa shape index (κ1) is 23.2. The fraction of sp³-hybridized carbons (Fsp3) is 0.450. The minimum Gasteiger partial charge on any atom is -0.368 e. The highest BCUT2D eigenvalue weighted by Crippen LogP contribution is 2.24. The molecule has 0 amide bonds. The Bertz CT molecular complexity index is 1230. The number of thioether (sulfide) groups is 1. The Kier molecular flexibility index (Phi) is 6.73. The summed E-state index contributed by atoms with van der Waals surface area (Å²) >= 11 is 7.40. The molecule has 0 radical (unpaired) electrons. The molecule has 166 valence electrons. The molecular formula is C20H25ClN6O3S. The molecule has 0 aliphatic rings. The Balaban J connectivity index is 1.98. The third kappa shape index (κ3) is 5.44. The van der Waals surface area contributed by atoms with Gasteiger partial charge >= 0.3 is 5.69 Å². The maximum absolute atomic E-state index is 12.4. The number of halogens is 1. The summed E-state index contributed by atoms with van der Waals surface area (Å²) in [4.78, 5) is 28.9. The lowest BCUT2D eigenvalue weighted by Crippen LogP contribution is -2.39. The van der Waals surface area contributed by atoms with Crippen molar-refractivity contribution in [1.82, 2.24) is 29.1 Å². The zero-order chi connectivity index (χ0) is 22.9. The molecule has 0 fully saturated rings. The summed E-state index contributed by atoms with van der Waals surface area (Å²) in [5, 5.41) is 9.49. The first-order chi connectivity index (χ1) is 14.5. The van der Waals surface area contributed by atoms with Gasteiger partial charge in [-0.2, -0.15) is 5.10 Å². The van der Waals surface area contributed by atoms with E-state index >= 15 is 0 Å². The van der Waals surface area contributed by atoms with E-state index in [2.05, 4.69) is 15.2 Å². The highest BCUT2D eigenvalue weighted by atomic mass is 35.5. The molecule has 0 bridgehead atoms. The zero-order valence-electron chi connectivity index (χ0n) is 18.3. The van der Waals surface area contributed by atoms with Gasteiger partial charge in [0.1, 0.15) is 12.4 Å². The first-order valence-electron chi connectivity index (χ1n) is 9.58. The predicted molar refractivity (Wildman–Crippen MR) is 120 cm³/mol. The lowest BCUT2D eigenvalue weighted by atomic mass is 10.2. The summed E-state index contributed by atoms with van der Waals surface area (Å²) in [6, 6.07) is 5.54. The highest BCUT2D eigenvalue weighted by Gasteiger charge is 2.18. The topological polar surface area (TPSA) is 96.8 Å². The van der Waals surface area contributed by atoms with E-state index in [1.54, 1.807) is 4.68 Å². The second-order valence-electron chi connectivity index (χ2n) is 8.05. The molecule has 0 unspecified atom stereocenters. The van der Waals surface area contributed by atoms with Gasteiger partial charge in [-0.15, -0.1) is 5.10 Å². The quantitative estimate of drug-likeness (QED) is 0.517. The Labute approximate surface area is 189 Å². The van der Waals surface area contributed by atoms with Crippen LogP contribution in [0.2, 0.25) is 5.02 Å². The van der Waals surface area contributed by atoms with Gasteiger partial charge in [-0.1, -0.05) is 29.4 Å². The van der Waals surface area contributed by atoms with Crippen molar-refractivity contribution in [2.75, 3.05) is 0 Å². The average Bonchev–Trinajstić information content (AvgIpc) is 3.11. The number of ether oxygens (including phenoxy) is 1. The van der Waals surface area contributed by atoms with Crippen molar-refractivity contribution in [3.8, 4) is 5.69 Å². The third-order valence-corrected chi connectivity index (χ3v) is 5.55. The van der Waals surface area contributed by atoms with E-state index in [9.17, 15) is 9.59 Å². The standard InChI is InChI=1S/C20H25ClN6O3S/c1-12-7-8-13(21)9-14(12)27-16(22-15(23-27)10-30-20(2,3)4)11-31-17-18(28)25(5)19(29)26(6)24-17/h7-9H,10-11H2,1-6H3. The molecule has 3 rings (SSSR count). The fourth-order valence-corrected chi connectivity index (χ4v) is 3.78. The fourth-order valence-electron chi connectivity index (χ4n) is 2.72. The molecule has 31 heavy (non-hydrogen) atoms. The summed E-state index contributed by atoms with van der Waals surface area (Å²) in [6.45, 7) is 8.09. The number of rotatable bonds is 6. The van der Waals surface area contributed by atoms with Crippen LogP contribution in [0.1, 0.15) is 38.0 Å². The van der Waals surface area contributed by atoms with Crippen LogP contribution in [0.25, 0.3) is 5.69 Å². The normalized spacial score (nSPS) is 11.8. The average molecular weight is 465 g/mol. The van der Waals surface area contributed by atoms with Crippen LogP contribution in [-0.4, -0.2) is 34.7 Å². The van der Waals surface area contributed by atoms with Crippen molar-refractivity contribution in [3.05, 3.63) is 61.3 Å². The minimum atomic E-state index is -0.478. The van der Waals surface area contributed by atoms with Gasteiger partial charge in [-0.05, 0) is 45.4 Å². The maximum atomic E-state index is 12.4. The van der Waals surface area contributed by atoms with Crippen molar-refractivity contribution >= 4 is 23.4 Å². The van der Waals surface area contributed by atoms with Crippen LogP contribution in [0.5, 0.6) is 0 Å². The molecule has 0 aliphatic heterocycles. The summed E-state index contributed by atoms with van der Waals surface area (Å²) in [5.41, 5.74) is 0.499. The van der Waals surface area contributed by atoms with Crippen LogP contribution in [0.15, 0.2) is 32.8 Å². The number of benzene rings is 1. The van der Waals surface area contributed by atoms with Gasteiger partial charge < -0.3 is 4.74 Å². The second kappa shape index (κ2) is 8.97. The largest absolute Gasteiger partial charge is 0.368 e. The van der Waals surface area contributed by atoms with E-state index in [4.69, 9.17) is 16.3 Å². The zero-order valence-corrected chi connectivity index (χ0v) is 19.9. The van der Waals surface area contributed by atoms with Crippen LogP contribution in [0, 0.1) is 6.92 Å². The molecule has 0 saturated heterocycles. The number of nitrogens with zero attached hydrogens (tertiary/aromatic N) is 6. The van der Waals surface area contributed by atoms with Gasteiger partial charge in [0.05, 0.1) is 17.0 Å². The molecule has 2 heterocycles. The molecule has 0 N–H and O–H groups in total. The SMILES string of the molecule is Cc1ccc(Cl)cc1-n1nc(COC(C)(C)C)nc1CSc1nn(C)c(=O)n(C)c1=O. The van der Waals surface area contributed by atoms with Gasteiger partial charge in [-0.3, -0.25) is 9.36 Å². The van der Waals surface area contributed by atoms with Gasteiger partial charge in [-0.25, -0.2) is 19.1 Å². The Hall–Kier alpha value is -2.43. The van der Waals surface area contributed by atoms with Gasteiger partial charge in [0.15, 0.2) is 10.9 Å². The summed E-state index contributed by atoms with van der Waals surface area (Å²) < 4.78 is 9.70. The molecule has 0 atom stereocenters. The summed E-state index contributed by atoms with van der Waals surface area (Å²) in [7, 11) is 2.93. The molecule has 0 spiro atoms. The van der Waals surface area contributed by atoms with Crippen molar-refractivity contribution in [3.63, 3.8) is 0 Å². The molecule has 0 saturated carbocycles. The summed E-state index contributed by atoms with van der Waals surface area (Å²) in [6.07, 6.45) is 0. The Morgan fingerprint density at radius 3 is 2.55 bits per heavy atom. The molecule has 3 aromatic rings. The van der Waals surface area contributed by atoms with Crippen molar-refractivity contribution < 1.29 is 4.74 Å². The van der Waals surface area contributed by atoms with Gasteiger partial charge in [0.2, 0.25) is 0 Å². The monoisotopic (exact) mass is 464 g/mol.